The number of nitrogens with one attached hydrogen (secondary N) is 2. The van der Waals surface area contributed by atoms with Crippen molar-refractivity contribution in [1.82, 2.24) is 5.32 Å². The zero-order valence-corrected chi connectivity index (χ0v) is 13.7. The summed E-state index contributed by atoms with van der Waals surface area (Å²) in [5, 5.41) is 4.65. The second-order valence-corrected chi connectivity index (χ2v) is 5.98. The molecule has 0 aliphatic heterocycles. The van der Waals surface area contributed by atoms with Gasteiger partial charge in [0.15, 0.2) is 0 Å². The highest BCUT2D eigenvalue weighted by Crippen LogP contribution is 2.23. The Morgan fingerprint density at radius 1 is 0.920 bits per heavy atom. The summed E-state index contributed by atoms with van der Waals surface area (Å²) in [5.41, 5.74) is -1.53. The maximum absolute atomic E-state index is 13.6. The normalized spacial score (nSPS) is 11.1. The molecular weight excluding hydrogens is 333 g/mol. The van der Waals surface area contributed by atoms with Gasteiger partial charge >= 0.3 is 0 Å². The standard InChI is InChI=1S/C18H17F3N2O2/c1-18(2,16(24)22-10-11-6-8-12(19)9-7-11)17(25)23-15-13(20)4-3-5-14(15)21/h3-9H,10H2,1-2H3,(H,22,24)(H,23,25). The van der Waals surface area contributed by atoms with Crippen LogP contribution in [0.2, 0.25) is 0 Å². The number of hydrogen-bond donors (Lipinski definition) is 2. The first-order chi connectivity index (χ1) is 11.7. The molecule has 0 aliphatic rings. The third kappa shape index (κ3) is 4.37. The molecule has 0 unspecified atom stereocenters. The molecule has 0 aromatic heterocycles. The minimum atomic E-state index is -1.57. The van der Waals surface area contributed by atoms with Crippen molar-refractivity contribution >= 4 is 17.5 Å². The quantitative estimate of drug-likeness (QED) is 0.812. The molecule has 132 valence electrons. The van der Waals surface area contributed by atoms with E-state index in [2.05, 4.69) is 10.6 Å². The van der Waals surface area contributed by atoms with Gasteiger partial charge in [-0.15, -0.1) is 0 Å². The van der Waals surface area contributed by atoms with Crippen LogP contribution >= 0.6 is 0 Å². The van der Waals surface area contributed by atoms with E-state index >= 15 is 0 Å². The van der Waals surface area contributed by atoms with Gasteiger partial charge in [0.1, 0.15) is 28.6 Å². The molecule has 2 aromatic carbocycles. The van der Waals surface area contributed by atoms with Gasteiger partial charge in [0.25, 0.3) is 0 Å². The summed E-state index contributed by atoms with van der Waals surface area (Å²) in [6.07, 6.45) is 0. The van der Waals surface area contributed by atoms with E-state index in [1.807, 2.05) is 0 Å². The summed E-state index contributed by atoms with van der Waals surface area (Å²) in [4.78, 5) is 24.6. The van der Waals surface area contributed by atoms with Gasteiger partial charge in [0, 0.05) is 6.54 Å². The first-order valence-corrected chi connectivity index (χ1v) is 7.50. The predicted octanol–water partition coefficient (Wildman–Crippen LogP) is 3.39. The third-order valence-electron chi connectivity index (χ3n) is 3.70. The van der Waals surface area contributed by atoms with Gasteiger partial charge in [-0.05, 0) is 43.7 Å². The van der Waals surface area contributed by atoms with E-state index in [-0.39, 0.29) is 6.54 Å². The Morgan fingerprint density at radius 3 is 2.04 bits per heavy atom. The Balaban J connectivity index is 2.04. The number of rotatable bonds is 5. The van der Waals surface area contributed by atoms with Crippen LogP contribution in [-0.4, -0.2) is 11.8 Å². The lowest BCUT2D eigenvalue weighted by atomic mass is 9.90. The van der Waals surface area contributed by atoms with Crippen LogP contribution in [-0.2, 0) is 16.1 Å². The molecule has 25 heavy (non-hydrogen) atoms. The highest BCUT2D eigenvalue weighted by atomic mass is 19.1. The van der Waals surface area contributed by atoms with Crippen LogP contribution in [0.5, 0.6) is 0 Å². The molecule has 0 fully saturated rings. The van der Waals surface area contributed by atoms with Crippen LogP contribution in [0.3, 0.4) is 0 Å². The Hall–Kier alpha value is -2.83. The third-order valence-corrected chi connectivity index (χ3v) is 3.70. The molecule has 0 aliphatic carbocycles. The van der Waals surface area contributed by atoms with E-state index in [0.29, 0.717) is 5.56 Å². The average Bonchev–Trinajstić information content (AvgIpc) is 2.57. The molecule has 0 saturated carbocycles. The van der Waals surface area contributed by atoms with Crippen molar-refractivity contribution in [2.45, 2.75) is 20.4 Å². The van der Waals surface area contributed by atoms with Gasteiger partial charge in [-0.2, -0.15) is 0 Å². The molecule has 0 heterocycles. The Morgan fingerprint density at radius 2 is 1.48 bits per heavy atom. The molecule has 0 radical (unpaired) electrons. The first-order valence-electron chi connectivity index (χ1n) is 7.50. The maximum Gasteiger partial charge on any atom is 0.239 e. The molecular formula is C18H17F3N2O2. The lowest BCUT2D eigenvalue weighted by Crippen LogP contribution is -2.45. The molecule has 0 spiro atoms. The molecule has 0 atom stereocenters. The summed E-state index contributed by atoms with van der Waals surface area (Å²) >= 11 is 0. The minimum absolute atomic E-state index is 0.0872. The fraction of sp³-hybridized carbons (Fsp3) is 0.222. The van der Waals surface area contributed by atoms with Crippen molar-refractivity contribution < 1.29 is 22.8 Å². The molecule has 2 amide bonds. The van der Waals surface area contributed by atoms with Gasteiger partial charge in [0.05, 0.1) is 0 Å². The lowest BCUT2D eigenvalue weighted by molar-refractivity contribution is -0.138. The van der Waals surface area contributed by atoms with Crippen molar-refractivity contribution in [2.75, 3.05) is 5.32 Å². The van der Waals surface area contributed by atoms with E-state index in [1.54, 1.807) is 0 Å². The Labute approximate surface area is 143 Å². The number of benzene rings is 2. The highest BCUT2D eigenvalue weighted by molar-refractivity contribution is 6.09. The second-order valence-electron chi connectivity index (χ2n) is 5.98. The topological polar surface area (TPSA) is 58.2 Å². The number of carbonyl (C=O) groups is 2. The number of hydrogen-bond acceptors (Lipinski definition) is 2. The average molecular weight is 350 g/mol. The predicted molar refractivity (Wildman–Crippen MR) is 87.0 cm³/mol. The van der Waals surface area contributed by atoms with Gasteiger partial charge in [-0.25, -0.2) is 13.2 Å². The number of carbonyl (C=O) groups excluding carboxylic acids is 2. The van der Waals surface area contributed by atoms with E-state index in [9.17, 15) is 22.8 Å². The highest BCUT2D eigenvalue weighted by Gasteiger charge is 2.36. The van der Waals surface area contributed by atoms with Crippen LogP contribution in [0, 0.1) is 22.9 Å². The SMILES string of the molecule is CC(C)(C(=O)NCc1ccc(F)cc1)C(=O)Nc1c(F)cccc1F. The molecule has 2 rings (SSSR count). The van der Waals surface area contributed by atoms with Gasteiger partial charge in [0.2, 0.25) is 11.8 Å². The fourth-order valence-corrected chi connectivity index (χ4v) is 2.00. The van der Waals surface area contributed by atoms with Crippen LogP contribution < -0.4 is 10.6 Å². The molecule has 0 saturated heterocycles. The monoisotopic (exact) mass is 350 g/mol. The van der Waals surface area contributed by atoms with Crippen molar-refractivity contribution in [3.05, 3.63) is 65.5 Å². The second kappa shape index (κ2) is 7.38. The summed E-state index contributed by atoms with van der Waals surface area (Å²) in [7, 11) is 0. The zero-order valence-electron chi connectivity index (χ0n) is 13.7. The number of anilines is 1. The lowest BCUT2D eigenvalue weighted by Gasteiger charge is -2.23. The molecule has 2 aromatic rings. The smallest absolute Gasteiger partial charge is 0.239 e. The van der Waals surface area contributed by atoms with Crippen molar-refractivity contribution in [3.8, 4) is 0 Å². The van der Waals surface area contributed by atoms with E-state index < -0.39 is 40.4 Å². The largest absolute Gasteiger partial charge is 0.351 e. The molecule has 2 N–H and O–H groups in total. The van der Waals surface area contributed by atoms with Crippen LogP contribution in [0.4, 0.5) is 18.9 Å². The molecule has 4 nitrogen and oxygen atoms in total. The van der Waals surface area contributed by atoms with Gasteiger partial charge < -0.3 is 10.6 Å². The zero-order chi connectivity index (χ0) is 18.6. The van der Waals surface area contributed by atoms with Crippen molar-refractivity contribution in [3.63, 3.8) is 0 Å². The Bertz CT molecular complexity index is 769. The summed E-state index contributed by atoms with van der Waals surface area (Å²) in [5.74, 6) is -3.76. The molecule has 7 heteroatoms. The number of amides is 2. The minimum Gasteiger partial charge on any atom is -0.351 e. The van der Waals surface area contributed by atoms with Crippen LogP contribution in [0.1, 0.15) is 19.4 Å². The van der Waals surface area contributed by atoms with Crippen LogP contribution in [0.15, 0.2) is 42.5 Å². The number of halogens is 3. The van der Waals surface area contributed by atoms with Gasteiger partial charge in [-0.3, -0.25) is 9.59 Å². The van der Waals surface area contributed by atoms with Gasteiger partial charge in [-0.1, -0.05) is 18.2 Å². The summed E-state index contributed by atoms with van der Waals surface area (Å²) < 4.78 is 40.1. The van der Waals surface area contributed by atoms with E-state index in [4.69, 9.17) is 0 Å². The summed E-state index contributed by atoms with van der Waals surface area (Å²) in [6, 6.07) is 8.66. The van der Waals surface area contributed by atoms with E-state index in [0.717, 1.165) is 12.1 Å². The van der Waals surface area contributed by atoms with E-state index in [1.165, 1.54) is 44.2 Å². The Kier molecular flexibility index (Phi) is 5.46. The molecule has 0 bridgehead atoms. The van der Waals surface area contributed by atoms with Crippen LogP contribution in [0.25, 0.3) is 0 Å². The maximum atomic E-state index is 13.6. The number of para-hydroxylation sites is 1. The summed E-state index contributed by atoms with van der Waals surface area (Å²) in [6.45, 7) is 2.76. The van der Waals surface area contributed by atoms with Crippen molar-refractivity contribution in [2.24, 2.45) is 5.41 Å². The first kappa shape index (κ1) is 18.5. The van der Waals surface area contributed by atoms with Crippen molar-refractivity contribution in [1.29, 1.82) is 0 Å². The fourth-order valence-electron chi connectivity index (χ4n) is 2.00.